The molecule has 0 bridgehead atoms. The predicted octanol–water partition coefficient (Wildman–Crippen LogP) is 6.35. The average molecular weight is 382 g/mol. The molecular formula is C27H27NO. The Hall–Kier alpha value is -3.13. The van der Waals surface area contributed by atoms with Gasteiger partial charge in [-0.2, -0.15) is 0 Å². The van der Waals surface area contributed by atoms with Crippen LogP contribution in [0.25, 0.3) is 5.57 Å². The van der Waals surface area contributed by atoms with Crippen molar-refractivity contribution in [1.29, 1.82) is 0 Å². The van der Waals surface area contributed by atoms with E-state index in [9.17, 15) is 0 Å². The van der Waals surface area contributed by atoms with Crippen molar-refractivity contribution in [1.82, 2.24) is 0 Å². The van der Waals surface area contributed by atoms with Crippen LogP contribution in [0.4, 0.5) is 0 Å². The van der Waals surface area contributed by atoms with Gasteiger partial charge >= 0.3 is 0 Å². The molecule has 0 saturated heterocycles. The molecule has 0 spiro atoms. The van der Waals surface area contributed by atoms with Crippen molar-refractivity contribution in [2.75, 3.05) is 6.54 Å². The van der Waals surface area contributed by atoms with Gasteiger partial charge in [-0.3, -0.25) is 4.99 Å². The number of fused-ring (bicyclic) bond motifs is 1. The number of aliphatic imine (C=N–C) groups is 1. The summed E-state index contributed by atoms with van der Waals surface area (Å²) in [4.78, 5) is 4.84. The Morgan fingerprint density at radius 1 is 0.966 bits per heavy atom. The van der Waals surface area contributed by atoms with E-state index < -0.39 is 0 Å². The first-order chi connectivity index (χ1) is 14.2. The van der Waals surface area contributed by atoms with E-state index in [4.69, 9.17) is 9.73 Å². The summed E-state index contributed by atoms with van der Waals surface area (Å²) in [6, 6.07) is 27.3. The molecule has 2 nitrogen and oxygen atoms in total. The predicted molar refractivity (Wildman–Crippen MR) is 122 cm³/mol. The Bertz CT molecular complexity index is 1020. The zero-order chi connectivity index (χ0) is 20.1. The van der Waals surface area contributed by atoms with Crippen LogP contribution in [0, 0.1) is 5.92 Å². The van der Waals surface area contributed by atoms with Crippen LogP contribution < -0.4 is 4.74 Å². The molecule has 1 heterocycles. The van der Waals surface area contributed by atoms with Gasteiger partial charge in [0.2, 0.25) is 0 Å². The van der Waals surface area contributed by atoms with Crippen molar-refractivity contribution in [3.63, 3.8) is 0 Å². The molecule has 0 saturated carbocycles. The second kappa shape index (κ2) is 8.91. The van der Waals surface area contributed by atoms with Crippen molar-refractivity contribution < 1.29 is 4.74 Å². The van der Waals surface area contributed by atoms with E-state index in [2.05, 4.69) is 80.6 Å². The third-order valence-electron chi connectivity index (χ3n) is 5.29. The summed E-state index contributed by atoms with van der Waals surface area (Å²) >= 11 is 0. The molecule has 0 fully saturated rings. The van der Waals surface area contributed by atoms with Gasteiger partial charge in [-0.25, -0.2) is 0 Å². The molecule has 0 unspecified atom stereocenters. The fourth-order valence-corrected chi connectivity index (χ4v) is 3.72. The monoisotopic (exact) mass is 381 g/mol. The number of ether oxygens (including phenoxy) is 1. The highest BCUT2D eigenvalue weighted by molar-refractivity contribution is 6.13. The molecule has 29 heavy (non-hydrogen) atoms. The molecule has 3 aromatic carbocycles. The lowest BCUT2D eigenvalue weighted by Gasteiger charge is -2.19. The largest absolute Gasteiger partial charge is 0.489 e. The summed E-state index contributed by atoms with van der Waals surface area (Å²) < 4.78 is 6.03. The van der Waals surface area contributed by atoms with Gasteiger partial charge < -0.3 is 4.74 Å². The summed E-state index contributed by atoms with van der Waals surface area (Å²) in [5, 5.41) is 0. The molecule has 1 aliphatic heterocycles. The first-order valence-electron chi connectivity index (χ1n) is 10.3. The van der Waals surface area contributed by atoms with Gasteiger partial charge in [0.05, 0.1) is 5.71 Å². The first-order valence-corrected chi connectivity index (χ1v) is 10.3. The Labute approximate surface area is 173 Å². The van der Waals surface area contributed by atoms with E-state index in [0.717, 1.165) is 24.4 Å². The Morgan fingerprint density at radius 3 is 2.41 bits per heavy atom. The zero-order valence-corrected chi connectivity index (χ0v) is 17.1. The maximum absolute atomic E-state index is 6.03. The molecule has 4 rings (SSSR count). The first kappa shape index (κ1) is 19.2. The van der Waals surface area contributed by atoms with Gasteiger partial charge in [0.1, 0.15) is 12.4 Å². The van der Waals surface area contributed by atoms with Crippen molar-refractivity contribution in [3.8, 4) is 5.75 Å². The summed E-state index contributed by atoms with van der Waals surface area (Å²) in [5.41, 5.74) is 7.38. The van der Waals surface area contributed by atoms with E-state index in [1.807, 2.05) is 18.2 Å². The van der Waals surface area contributed by atoms with Crippen molar-refractivity contribution >= 4 is 11.3 Å². The standard InChI is InChI=1S/C27H27NO/c1-20(2)26(22-11-7-4-8-12-22)18-27-25-14-13-24(17-23(25)15-16-28-27)29-19-21-9-5-3-6-10-21/h3-14,17-18,20H,15-16,19H2,1-2H3. The number of allylic oxidation sites excluding steroid dienone is 2. The van der Waals surface area contributed by atoms with Gasteiger partial charge in [0.15, 0.2) is 0 Å². The third kappa shape index (κ3) is 4.65. The van der Waals surface area contributed by atoms with Crippen LogP contribution in [0.5, 0.6) is 5.75 Å². The van der Waals surface area contributed by atoms with Crippen LogP contribution in [0.1, 0.15) is 36.1 Å². The van der Waals surface area contributed by atoms with Crippen molar-refractivity contribution in [2.24, 2.45) is 10.9 Å². The SMILES string of the molecule is CC(C)C(=CC1=NCCc2cc(OCc3ccccc3)ccc21)c1ccccc1. The van der Waals surface area contributed by atoms with E-state index in [-0.39, 0.29) is 0 Å². The number of hydrogen-bond acceptors (Lipinski definition) is 2. The minimum atomic E-state index is 0.430. The molecule has 2 heteroatoms. The minimum Gasteiger partial charge on any atom is -0.489 e. The highest BCUT2D eigenvalue weighted by Crippen LogP contribution is 2.28. The Kier molecular flexibility index (Phi) is 5.90. The van der Waals surface area contributed by atoms with Crippen LogP contribution >= 0.6 is 0 Å². The summed E-state index contributed by atoms with van der Waals surface area (Å²) in [5.74, 6) is 1.35. The molecule has 0 aromatic heterocycles. The number of nitrogens with zero attached hydrogens (tertiary/aromatic N) is 1. The molecule has 0 radical (unpaired) electrons. The fourth-order valence-electron chi connectivity index (χ4n) is 3.72. The molecule has 146 valence electrons. The molecule has 1 aliphatic rings. The molecule has 3 aromatic rings. The van der Waals surface area contributed by atoms with Gasteiger partial charge in [0, 0.05) is 12.1 Å². The number of hydrogen-bond donors (Lipinski definition) is 0. The smallest absolute Gasteiger partial charge is 0.120 e. The van der Waals surface area contributed by atoms with Crippen LogP contribution in [0.15, 0.2) is 89.9 Å². The highest BCUT2D eigenvalue weighted by atomic mass is 16.5. The van der Waals surface area contributed by atoms with Crippen molar-refractivity contribution in [2.45, 2.75) is 26.9 Å². The Morgan fingerprint density at radius 2 is 1.69 bits per heavy atom. The second-order valence-electron chi connectivity index (χ2n) is 7.73. The minimum absolute atomic E-state index is 0.430. The molecule has 0 aliphatic carbocycles. The van der Waals surface area contributed by atoms with Crippen LogP contribution in [-0.4, -0.2) is 12.3 Å². The lowest BCUT2D eigenvalue weighted by Crippen LogP contribution is -2.12. The third-order valence-corrected chi connectivity index (χ3v) is 5.29. The molecule has 0 N–H and O–H groups in total. The lowest BCUT2D eigenvalue weighted by molar-refractivity contribution is 0.306. The number of benzene rings is 3. The Balaban J connectivity index is 1.58. The van der Waals surface area contributed by atoms with E-state index in [1.165, 1.54) is 27.8 Å². The van der Waals surface area contributed by atoms with Crippen LogP contribution in [-0.2, 0) is 13.0 Å². The van der Waals surface area contributed by atoms with Gasteiger partial charge in [-0.1, -0.05) is 74.5 Å². The number of rotatable bonds is 6. The van der Waals surface area contributed by atoms with Gasteiger partial charge in [-0.15, -0.1) is 0 Å². The highest BCUT2D eigenvalue weighted by Gasteiger charge is 2.16. The summed E-state index contributed by atoms with van der Waals surface area (Å²) in [6.07, 6.45) is 3.22. The maximum Gasteiger partial charge on any atom is 0.120 e. The second-order valence-corrected chi connectivity index (χ2v) is 7.73. The van der Waals surface area contributed by atoms with E-state index >= 15 is 0 Å². The molecule has 0 atom stereocenters. The molecular weight excluding hydrogens is 354 g/mol. The zero-order valence-electron chi connectivity index (χ0n) is 17.1. The average Bonchev–Trinajstić information content (AvgIpc) is 2.77. The maximum atomic E-state index is 6.03. The van der Waals surface area contributed by atoms with Gasteiger partial charge in [-0.05, 0) is 58.9 Å². The van der Waals surface area contributed by atoms with Crippen LogP contribution in [0.2, 0.25) is 0 Å². The van der Waals surface area contributed by atoms with Gasteiger partial charge in [0.25, 0.3) is 0 Å². The normalized spacial score (nSPS) is 13.8. The van der Waals surface area contributed by atoms with Crippen LogP contribution in [0.3, 0.4) is 0 Å². The quantitative estimate of drug-likeness (QED) is 0.487. The van der Waals surface area contributed by atoms with E-state index in [0.29, 0.717) is 12.5 Å². The topological polar surface area (TPSA) is 21.6 Å². The summed E-state index contributed by atoms with van der Waals surface area (Å²) in [6.45, 7) is 5.89. The summed E-state index contributed by atoms with van der Waals surface area (Å²) in [7, 11) is 0. The fraction of sp³-hybridized carbons (Fsp3) is 0.222. The molecule has 0 amide bonds. The van der Waals surface area contributed by atoms with E-state index in [1.54, 1.807) is 0 Å². The lowest BCUT2D eigenvalue weighted by atomic mass is 9.90. The van der Waals surface area contributed by atoms with Crippen molar-refractivity contribution in [3.05, 3.63) is 107 Å².